The standard InChI is InChI=1S/C15H22BrN/c1-3-4-5-6-7-8-15(17-2)13-9-11-14(16)12-10-13/h3,9-12,15,17H,1,4-8H2,2H3. The van der Waals surface area contributed by atoms with E-state index >= 15 is 0 Å². The van der Waals surface area contributed by atoms with E-state index in [1.165, 1.54) is 31.2 Å². The van der Waals surface area contributed by atoms with Gasteiger partial charge in [0, 0.05) is 10.5 Å². The van der Waals surface area contributed by atoms with Crippen LogP contribution in [0.15, 0.2) is 41.4 Å². The summed E-state index contributed by atoms with van der Waals surface area (Å²) >= 11 is 3.47. The summed E-state index contributed by atoms with van der Waals surface area (Å²) in [7, 11) is 2.04. The number of rotatable bonds is 8. The average Bonchev–Trinajstić information content (AvgIpc) is 2.35. The summed E-state index contributed by atoms with van der Waals surface area (Å²) in [6, 6.07) is 9.07. The molecular formula is C15H22BrN. The van der Waals surface area contributed by atoms with Crippen LogP contribution in [0.1, 0.15) is 43.7 Å². The molecule has 0 aliphatic rings. The highest BCUT2D eigenvalue weighted by molar-refractivity contribution is 9.10. The molecule has 0 aliphatic heterocycles. The van der Waals surface area contributed by atoms with Crippen molar-refractivity contribution in [3.63, 3.8) is 0 Å². The van der Waals surface area contributed by atoms with Crippen molar-refractivity contribution in [3.05, 3.63) is 47.0 Å². The normalized spacial score (nSPS) is 12.4. The Labute approximate surface area is 113 Å². The van der Waals surface area contributed by atoms with Crippen molar-refractivity contribution < 1.29 is 0 Å². The van der Waals surface area contributed by atoms with Crippen molar-refractivity contribution in [2.24, 2.45) is 0 Å². The van der Waals surface area contributed by atoms with Crippen LogP contribution >= 0.6 is 15.9 Å². The summed E-state index contributed by atoms with van der Waals surface area (Å²) in [5, 5.41) is 3.39. The van der Waals surface area contributed by atoms with Crippen molar-refractivity contribution in [1.82, 2.24) is 5.32 Å². The molecule has 0 fully saturated rings. The molecule has 0 aliphatic carbocycles. The summed E-state index contributed by atoms with van der Waals surface area (Å²) in [6.07, 6.45) is 8.18. The first-order valence-corrected chi connectivity index (χ1v) is 7.11. The molecule has 0 saturated heterocycles. The Bertz CT molecular complexity index is 318. The van der Waals surface area contributed by atoms with Crippen molar-refractivity contribution in [1.29, 1.82) is 0 Å². The lowest BCUT2D eigenvalue weighted by atomic mass is 10.0. The number of nitrogens with one attached hydrogen (secondary N) is 1. The van der Waals surface area contributed by atoms with E-state index in [4.69, 9.17) is 0 Å². The van der Waals surface area contributed by atoms with Crippen molar-refractivity contribution >= 4 is 15.9 Å². The Morgan fingerprint density at radius 2 is 1.94 bits per heavy atom. The van der Waals surface area contributed by atoms with Crippen molar-refractivity contribution in [2.45, 2.75) is 38.1 Å². The molecule has 1 nitrogen and oxygen atoms in total. The second-order valence-electron chi connectivity index (χ2n) is 4.32. The van der Waals surface area contributed by atoms with Gasteiger partial charge in [-0.25, -0.2) is 0 Å². The fraction of sp³-hybridized carbons (Fsp3) is 0.467. The first kappa shape index (κ1) is 14.5. The Kier molecular flexibility index (Phi) is 7.22. The molecule has 0 bridgehead atoms. The van der Waals surface area contributed by atoms with Crippen LogP contribution in [0.3, 0.4) is 0 Å². The van der Waals surface area contributed by atoms with Crippen LogP contribution in [0.4, 0.5) is 0 Å². The smallest absolute Gasteiger partial charge is 0.0317 e. The molecule has 1 unspecified atom stereocenters. The third-order valence-electron chi connectivity index (χ3n) is 3.02. The van der Waals surface area contributed by atoms with Gasteiger partial charge in [-0.1, -0.05) is 47.0 Å². The minimum Gasteiger partial charge on any atom is -0.313 e. The zero-order chi connectivity index (χ0) is 12.5. The Morgan fingerprint density at radius 3 is 2.53 bits per heavy atom. The van der Waals surface area contributed by atoms with Crippen molar-refractivity contribution in [2.75, 3.05) is 7.05 Å². The second kappa shape index (κ2) is 8.48. The molecule has 0 radical (unpaired) electrons. The number of hydrogen-bond acceptors (Lipinski definition) is 1. The summed E-state index contributed by atoms with van der Waals surface area (Å²) in [6.45, 7) is 3.75. The monoisotopic (exact) mass is 295 g/mol. The van der Waals surface area contributed by atoms with Gasteiger partial charge in [-0.3, -0.25) is 0 Å². The molecule has 0 aromatic heterocycles. The van der Waals surface area contributed by atoms with E-state index < -0.39 is 0 Å². The third-order valence-corrected chi connectivity index (χ3v) is 3.55. The van der Waals surface area contributed by atoms with Gasteiger partial charge in [0.2, 0.25) is 0 Å². The number of unbranched alkanes of at least 4 members (excludes halogenated alkanes) is 3. The zero-order valence-electron chi connectivity index (χ0n) is 10.6. The van der Waals surface area contributed by atoms with Crippen LogP contribution in [0.25, 0.3) is 0 Å². The zero-order valence-corrected chi connectivity index (χ0v) is 12.2. The van der Waals surface area contributed by atoms with Crippen LogP contribution in [0, 0.1) is 0 Å². The summed E-state index contributed by atoms with van der Waals surface area (Å²) in [5.41, 5.74) is 1.37. The Hall–Kier alpha value is -0.600. The molecule has 1 aromatic carbocycles. The molecule has 1 rings (SSSR count). The van der Waals surface area contributed by atoms with Gasteiger partial charge in [-0.2, -0.15) is 0 Å². The maximum atomic E-state index is 3.75. The van der Waals surface area contributed by atoms with Gasteiger partial charge in [0.15, 0.2) is 0 Å². The first-order chi connectivity index (χ1) is 8.27. The molecule has 17 heavy (non-hydrogen) atoms. The number of hydrogen-bond donors (Lipinski definition) is 1. The number of halogens is 1. The van der Waals surface area contributed by atoms with E-state index in [0.29, 0.717) is 6.04 Å². The van der Waals surface area contributed by atoms with Crippen LogP contribution in [0.2, 0.25) is 0 Å². The fourth-order valence-corrected chi connectivity index (χ4v) is 2.25. The highest BCUT2D eigenvalue weighted by atomic mass is 79.9. The van der Waals surface area contributed by atoms with Gasteiger partial charge < -0.3 is 5.32 Å². The van der Waals surface area contributed by atoms with E-state index in [2.05, 4.69) is 52.1 Å². The molecular weight excluding hydrogens is 274 g/mol. The van der Waals surface area contributed by atoms with E-state index in [0.717, 1.165) is 10.9 Å². The highest BCUT2D eigenvalue weighted by Crippen LogP contribution is 2.21. The number of allylic oxidation sites excluding steroid dienone is 1. The quantitative estimate of drug-likeness (QED) is 0.534. The molecule has 1 atom stereocenters. The molecule has 0 heterocycles. The summed E-state index contributed by atoms with van der Waals surface area (Å²) < 4.78 is 1.14. The van der Waals surface area contributed by atoms with Gasteiger partial charge >= 0.3 is 0 Å². The maximum Gasteiger partial charge on any atom is 0.0317 e. The summed E-state index contributed by atoms with van der Waals surface area (Å²) in [5.74, 6) is 0. The van der Waals surface area contributed by atoms with Gasteiger partial charge in [-0.05, 0) is 44.0 Å². The van der Waals surface area contributed by atoms with Crippen LogP contribution in [-0.4, -0.2) is 7.05 Å². The molecule has 0 spiro atoms. The van der Waals surface area contributed by atoms with Gasteiger partial charge in [0.25, 0.3) is 0 Å². The lowest BCUT2D eigenvalue weighted by Crippen LogP contribution is -2.16. The van der Waals surface area contributed by atoms with Gasteiger partial charge in [-0.15, -0.1) is 6.58 Å². The topological polar surface area (TPSA) is 12.0 Å². The SMILES string of the molecule is C=CCCCCCC(NC)c1ccc(Br)cc1. The Balaban J connectivity index is 2.37. The predicted molar refractivity (Wildman–Crippen MR) is 79.2 cm³/mol. The largest absolute Gasteiger partial charge is 0.313 e. The first-order valence-electron chi connectivity index (χ1n) is 6.31. The van der Waals surface area contributed by atoms with Crippen LogP contribution in [0.5, 0.6) is 0 Å². The molecule has 2 heteroatoms. The average molecular weight is 296 g/mol. The number of benzene rings is 1. The summed E-state index contributed by atoms with van der Waals surface area (Å²) in [4.78, 5) is 0. The van der Waals surface area contributed by atoms with Gasteiger partial charge in [0.05, 0.1) is 0 Å². The lowest BCUT2D eigenvalue weighted by molar-refractivity contribution is 0.508. The third kappa shape index (κ3) is 5.51. The second-order valence-corrected chi connectivity index (χ2v) is 5.24. The molecule has 0 saturated carbocycles. The van der Waals surface area contributed by atoms with Crippen LogP contribution < -0.4 is 5.32 Å². The van der Waals surface area contributed by atoms with E-state index in [9.17, 15) is 0 Å². The molecule has 1 aromatic rings. The minimum absolute atomic E-state index is 0.479. The van der Waals surface area contributed by atoms with E-state index in [1.807, 2.05) is 13.1 Å². The predicted octanol–water partition coefficient (Wildman–Crippen LogP) is 4.85. The van der Waals surface area contributed by atoms with Gasteiger partial charge in [0.1, 0.15) is 0 Å². The molecule has 0 amide bonds. The molecule has 1 N–H and O–H groups in total. The maximum absolute atomic E-state index is 3.75. The van der Waals surface area contributed by atoms with Crippen molar-refractivity contribution in [3.8, 4) is 0 Å². The highest BCUT2D eigenvalue weighted by Gasteiger charge is 2.07. The minimum atomic E-state index is 0.479. The van der Waals surface area contributed by atoms with Crippen LogP contribution in [-0.2, 0) is 0 Å². The van der Waals surface area contributed by atoms with E-state index in [-0.39, 0.29) is 0 Å². The fourth-order valence-electron chi connectivity index (χ4n) is 1.99. The Morgan fingerprint density at radius 1 is 1.24 bits per heavy atom. The lowest BCUT2D eigenvalue weighted by Gasteiger charge is -2.16. The molecule has 94 valence electrons. The van der Waals surface area contributed by atoms with E-state index in [1.54, 1.807) is 0 Å².